The molecule has 0 spiro atoms. The molecule has 0 aliphatic carbocycles. The largest absolute Gasteiger partial charge is 0.271 e. The smallest absolute Gasteiger partial charge is 0.258 e. The van der Waals surface area contributed by atoms with Crippen LogP contribution in [0.25, 0.3) is 0 Å². The molecule has 0 saturated carbocycles. The maximum atomic E-state index is 12.2. The van der Waals surface area contributed by atoms with Gasteiger partial charge in [-0.3, -0.25) is 4.79 Å². The van der Waals surface area contributed by atoms with Crippen LogP contribution in [-0.4, -0.2) is 18.2 Å². The van der Waals surface area contributed by atoms with Crippen molar-refractivity contribution in [2.75, 3.05) is 0 Å². The molecule has 124 valence electrons. The van der Waals surface area contributed by atoms with Crippen LogP contribution in [0.15, 0.2) is 53.6 Å². The van der Waals surface area contributed by atoms with E-state index in [4.69, 9.17) is 23.2 Å². The van der Waals surface area contributed by atoms with Gasteiger partial charge in [0.2, 0.25) is 0 Å². The van der Waals surface area contributed by atoms with E-state index < -0.39 is 0 Å². The van der Waals surface area contributed by atoms with Crippen LogP contribution in [0.4, 0.5) is 0 Å². The lowest BCUT2D eigenvalue weighted by Gasteiger charge is -2.08. The molecule has 7 heteroatoms. The summed E-state index contributed by atoms with van der Waals surface area (Å²) in [4.78, 5) is 12.2. The molecule has 1 saturated heterocycles. The summed E-state index contributed by atoms with van der Waals surface area (Å²) in [5.41, 5.74) is 10.3. The van der Waals surface area contributed by atoms with Gasteiger partial charge in [-0.1, -0.05) is 59.6 Å². The molecule has 2 aromatic carbocycles. The van der Waals surface area contributed by atoms with Crippen LogP contribution in [0.2, 0.25) is 10.0 Å². The number of nitrogens with one attached hydrogen (secondary N) is 3. The standard InChI is InChI=1S/C17H16Cl2N4O/c18-13-7-4-8-14(19)12(13)10-20-23-17(24)16-9-15(21-22-16)11-5-2-1-3-6-11/h1-8,10,15-16,21-22H,9H2,(H,23,24)/b20-10+. The zero-order chi connectivity index (χ0) is 16.9. The molecule has 5 nitrogen and oxygen atoms in total. The van der Waals surface area contributed by atoms with Crippen LogP contribution in [0.5, 0.6) is 0 Å². The highest BCUT2D eigenvalue weighted by Crippen LogP contribution is 2.23. The Bertz CT molecular complexity index is 731. The second-order valence-corrected chi connectivity index (χ2v) is 6.22. The summed E-state index contributed by atoms with van der Waals surface area (Å²) >= 11 is 12.1. The summed E-state index contributed by atoms with van der Waals surface area (Å²) in [7, 11) is 0. The maximum absolute atomic E-state index is 12.2. The van der Waals surface area contributed by atoms with Crippen molar-refractivity contribution >= 4 is 35.3 Å². The fraction of sp³-hybridized carbons (Fsp3) is 0.176. The van der Waals surface area contributed by atoms with E-state index in [1.807, 2.05) is 30.3 Å². The third-order valence-corrected chi connectivity index (χ3v) is 4.45. The highest BCUT2D eigenvalue weighted by Gasteiger charge is 2.29. The van der Waals surface area contributed by atoms with E-state index in [1.165, 1.54) is 6.21 Å². The van der Waals surface area contributed by atoms with Crippen molar-refractivity contribution in [2.24, 2.45) is 5.10 Å². The molecule has 1 aliphatic rings. The molecule has 3 N–H and O–H groups in total. The van der Waals surface area contributed by atoms with Crippen LogP contribution < -0.4 is 16.3 Å². The fourth-order valence-corrected chi connectivity index (χ4v) is 3.00. The maximum Gasteiger partial charge on any atom is 0.258 e. The predicted molar refractivity (Wildman–Crippen MR) is 96.1 cm³/mol. The quantitative estimate of drug-likeness (QED) is 0.578. The lowest BCUT2D eigenvalue weighted by molar-refractivity contribution is -0.122. The lowest BCUT2D eigenvalue weighted by atomic mass is 10.0. The second kappa shape index (κ2) is 7.77. The minimum Gasteiger partial charge on any atom is -0.271 e. The number of halogens is 2. The van der Waals surface area contributed by atoms with E-state index in [1.54, 1.807) is 18.2 Å². The Morgan fingerprint density at radius 3 is 2.50 bits per heavy atom. The number of nitrogens with zero attached hydrogens (tertiary/aromatic N) is 1. The zero-order valence-corrected chi connectivity index (χ0v) is 14.2. The summed E-state index contributed by atoms with van der Waals surface area (Å²) in [6, 6.07) is 14.9. The van der Waals surface area contributed by atoms with Crippen molar-refractivity contribution in [3.05, 3.63) is 69.7 Å². The van der Waals surface area contributed by atoms with Gasteiger partial charge < -0.3 is 0 Å². The third kappa shape index (κ3) is 3.94. The molecule has 2 aromatic rings. The van der Waals surface area contributed by atoms with Crippen molar-refractivity contribution in [1.82, 2.24) is 16.3 Å². The third-order valence-electron chi connectivity index (χ3n) is 3.79. The highest BCUT2D eigenvalue weighted by atomic mass is 35.5. The molecule has 2 unspecified atom stereocenters. The van der Waals surface area contributed by atoms with Gasteiger partial charge in [0.05, 0.1) is 16.3 Å². The highest BCUT2D eigenvalue weighted by molar-refractivity contribution is 6.38. The Kier molecular flexibility index (Phi) is 5.48. The zero-order valence-electron chi connectivity index (χ0n) is 12.7. The lowest BCUT2D eigenvalue weighted by Crippen LogP contribution is -2.41. The van der Waals surface area contributed by atoms with E-state index in [0.29, 0.717) is 22.0 Å². The van der Waals surface area contributed by atoms with Gasteiger partial charge in [0, 0.05) is 11.6 Å². The van der Waals surface area contributed by atoms with Gasteiger partial charge in [-0.25, -0.2) is 16.3 Å². The summed E-state index contributed by atoms with van der Waals surface area (Å²) < 4.78 is 0. The van der Waals surface area contributed by atoms with Gasteiger partial charge in [-0.2, -0.15) is 5.10 Å². The number of rotatable bonds is 4. The molecule has 1 aliphatic heterocycles. The molecular weight excluding hydrogens is 347 g/mol. The molecule has 0 aromatic heterocycles. The minimum absolute atomic E-state index is 0.0870. The molecule has 1 heterocycles. The van der Waals surface area contributed by atoms with Crippen LogP contribution in [0, 0.1) is 0 Å². The summed E-state index contributed by atoms with van der Waals surface area (Å²) in [5.74, 6) is -0.222. The average Bonchev–Trinajstić information content (AvgIpc) is 3.08. The van der Waals surface area contributed by atoms with Gasteiger partial charge in [-0.15, -0.1) is 0 Å². The SMILES string of the molecule is O=C(N/N=C/c1c(Cl)cccc1Cl)C1CC(c2ccccc2)NN1. The Labute approximate surface area is 150 Å². The monoisotopic (exact) mass is 362 g/mol. The first-order valence-corrected chi connectivity index (χ1v) is 8.23. The number of amides is 1. The topological polar surface area (TPSA) is 65.5 Å². The number of hydrogen-bond donors (Lipinski definition) is 3. The molecule has 1 amide bonds. The van der Waals surface area contributed by atoms with E-state index in [-0.39, 0.29) is 18.0 Å². The Balaban J connectivity index is 1.57. The Morgan fingerprint density at radius 1 is 1.08 bits per heavy atom. The number of carbonyl (C=O) groups is 1. The molecule has 0 radical (unpaired) electrons. The Hall–Kier alpha value is -1.92. The predicted octanol–water partition coefficient (Wildman–Crippen LogP) is 3.05. The number of hydrazone groups is 1. The average molecular weight is 363 g/mol. The second-order valence-electron chi connectivity index (χ2n) is 5.41. The summed E-state index contributed by atoms with van der Waals surface area (Å²) in [6.07, 6.45) is 2.08. The minimum atomic E-state index is -0.367. The first kappa shape index (κ1) is 16.9. The Morgan fingerprint density at radius 2 is 1.79 bits per heavy atom. The summed E-state index contributed by atoms with van der Waals surface area (Å²) in [5, 5.41) is 4.90. The van der Waals surface area contributed by atoms with Crippen molar-refractivity contribution in [1.29, 1.82) is 0 Å². The van der Waals surface area contributed by atoms with E-state index in [2.05, 4.69) is 21.4 Å². The van der Waals surface area contributed by atoms with Gasteiger partial charge in [0.15, 0.2) is 0 Å². The van der Waals surface area contributed by atoms with Crippen molar-refractivity contribution in [2.45, 2.75) is 18.5 Å². The first-order chi connectivity index (χ1) is 11.6. The van der Waals surface area contributed by atoms with Crippen LogP contribution in [0.1, 0.15) is 23.6 Å². The van der Waals surface area contributed by atoms with Crippen LogP contribution >= 0.6 is 23.2 Å². The van der Waals surface area contributed by atoms with Crippen molar-refractivity contribution in [3.8, 4) is 0 Å². The van der Waals surface area contributed by atoms with Gasteiger partial charge in [-0.05, 0) is 24.1 Å². The number of carbonyl (C=O) groups excluding carboxylic acids is 1. The molecule has 0 bridgehead atoms. The van der Waals surface area contributed by atoms with Crippen molar-refractivity contribution < 1.29 is 4.79 Å². The molecule has 24 heavy (non-hydrogen) atoms. The van der Waals surface area contributed by atoms with E-state index in [0.717, 1.165) is 5.56 Å². The number of hydrogen-bond acceptors (Lipinski definition) is 4. The molecule has 2 atom stereocenters. The van der Waals surface area contributed by atoms with Gasteiger partial charge in [0.25, 0.3) is 5.91 Å². The van der Waals surface area contributed by atoms with E-state index >= 15 is 0 Å². The van der Waals surface area contributed by atoms with Crippen LogP contribution in [-0.2, 0) is 4.79 Å². The molecule has 1 fully saturated rings. The number of benzene rings is 2. The molecule has 3 rings (SSSR count). The fourth-order valence-electron chi connectivity index (χ4n) is 2.50. The summed E-state index contributed by atoms with van der Waals surface area (Å²) in [6.45, 7) is 0. The number of hydrazine groups is 1. The van der Waals surface area contributed by atoms with Crippen molar-refractivity contribution in [3.63, 3.8) is 0 Å². The van der Waals surface area contributed by atoms with Gasteiger partial charge in [0.1, 0.15) is 6.04 Å². The first-order valence-electron chi connectivity index (χ1n) is 7.48. The van der Waals surface area contributed by atoms with Gasteiger partial charge >= 0.3 is 0 Å². The normalized spacial score (nSPS) is 20.4. The van der Waals surface area contributed by atoms with E-state index in [9.17, 15) is 4.79 Å². The van der Waals surface area contributed by atoms with Crippen LogP contribution in [0.3, 0.4) is 0 Å². The molecular formula is C17H16Cl2N4O.